The van der Waals surface area contributed by atoms with E-state index in [4.69, 9.17) is 4.74 Å². The molecule has 0 spiro atoms. The Bertz CT molecular complexity index is 436. The van der Waals surface area contributed by atoms with E-state index >= 15 is 0 Å². The lowest BCUT2D eigenvalue weighted by atomic mass is 10.2. The summed E-state index contributed by atoms with van der Waals surface area (Å²) in [7, 11) is 0. The Hall–Kier alpha value is -1.73. The zero-order valence-corrected chi connectivity index (χ0v) is 9.69. The van der Waals surface area contributed by atoms with Gasteiger partial charge in [-0.15, -0.1) is 0 Å². The smallest absolute Gasteiger partial charge is 0.292 e. The van der Waals surface area contributed by atoms with Crippen LogP contribution in [0.4, 0.5) is 15.8 Å². The molecule has 1 aliphatic heterocycles. The fourth-order valence-corrected chi connectivity index (χ4v) is 1.79. The van der Waals surface area contributed by atoms with Gasteiger partial charge in [-0.3, -0.25) is 10.1 Å². The number of anilines is 1. The zero-order chi connectivity index (χ0) is 13.0. The van der Waals surface area contributed by atoms with Crippen LogP contribution in [0.25, 0.3) is 0 Å². The molecule has 18 heavy (non-hydrogen) atoms. The van der Waals surface area contributed by atoms with Crippen LogP contribution in [0.15, 0.2) is 18.2 Å². The molecule has 1 saturated heterocycles. The number of nitrogens with one attached hydrogen (secondary N) is 2. The van der Waals surface area contributed by atoms with Crippen molar-refractivity contribution < 1.29 is 14.1 Å². The monoisotopic (exact) mass is 255 g/mol. The maximum atomic E-state index is 13.1. The van der Waals surface area contributed by atoms with E-state index in [2.05, 4.69) is 10.6 Å². The van der Waals surface area contributed by atoms with E-state index in [0.29, 0.717) is 19.8 Å². The normalized spacial score (nSPS) is 19.5. The first-order valence-electron chi connectivity index (χ1n) is 5.66. The molecule has 0 aromatic heterocycles. The minimum Gasteiger partial charge on any atom is -0.378 e. The Balaban J connectivity index is 2.03. The van der Waals surface area contributed by atoms with E-state index in [0.717, 1.165) is 24.7 Å². The predicted molar refractivity (Wildman–Crippen MR) is 64.2 cm³/mol. The molecule has 0 amide bonds. The van der Waals surface area contributed by atoms with E-state index in [1.807, 2.05) is 0 Å². The van der Waals surface area contributed by atoms with Gasteiger partial charge in [-0.1, -0.05) is 0 Å². The third kappa shape index (κ3) is 3.14. The van der Waals surface area contributed by atoms with Crippen molar-refractivity contribution in [2.45, 2.75) is 6.04 Å². The molecule has 1 aromatic rings. The second-order valence-electron chi connectivity index (χ2n) is 4.03. The number of nitro groups is 1. The first-order chi connectivity index (χ1) is 8.66. The van der Waals surface area contributed by atoms with E-state index in [9.17, 15) is 14.5 Å². The van der Waals surface area contributed by atoms with E-state index in [1.165, 1.54) is 0 Å². The molecular weight excluding hydrogens is 241 g/mol. The Morgan fingerprint density at radius 3 is 3.11 bits per heavy atom. The maximum Gasteiger partial charge on any atom is 0.292 e. The molecule has 1 heterocycles. The molecule has 0 bridgehead atoms. The standard InChI is InChI=1S/C11H14FN3O3/c12-8-1-2-11(15(16)17)10(5-8)14-6-9-7-18-4-3-13-9/h1-2,5,9,13-14H,3-4,6-7H2. The van der Waals surface area contributed by atoms with Gasteiger partial charge >= 0.3 is 0 Å². The van der Waals surface area contributed by atoms with E-state index in [-0.39, 0.29) is 17.4 Å². The van der Waals surface area contributed by atoms with E-state index < -0.39 is 10.7 Å². The first-order valence-corrected chi connectivity index (χ1v) is 5.66. The molecule has 6 nitrogen and oxygen atoms in total. The van der Waals surface area contributed by atoms with Crippen LogP contribution in [0.5, 0.6) is 0 Å². The van der Waals surface area contributed by atoms with Crippen LogP contribution < -0.4 is 10.6 Å². The number of morpholine rings is 1. The van der Waals surface area contributed by atoms with Crippen LogP contribution in [-0.2, 0) is 4.74 Å². The highest BCUT2D eigenvalue weighted by Gasteiger charge is 2.17. The summed E-state index contributed by atoms with van der Waals surface area (Å²) in [5.41, 5.74) is 0.0560. The van der Waals surface area contributed by atoms with Crippen LogP contribution in [0.2, 0.25) is 0 Å². The third-order valence-corrected chi connectivity index (χ3v) is 2.69. The first kappa shape index (κ1) is 12.7. The molecule has 1 unspecified atom stereocenters. The minimum absolute atomic E-state index is 0.0709. The minimum atomic E-state index is -0.535. The summed E-state index contributed by atoms with van der Waals surface area (Å²) in [6, 6.07) is 3.43. The Morgan fingerprint density at radius 2 is 2.44 bits per heavy atom. The highest BCUT2D eigenvalue weighted by molar-refractivity contribution is 5.61. The molecular formula is C11H14FN3O3. The van der Waals surface area contributed by atoms with Crippen molar-refractivity contribution in [1.29, 1.82) is 0 Å². The van der Waals surface area contributed by atoms with Gasteiger partial charge in [0.2, 0.25) is 0 Å². The predicted octanol–water partition coefficient (Wildman–Crippen LogP) is 1.13. The molecule has 2 rings (SSSR count). The van der Waals surface area contributed by atoms with Crippen LogP contribution in [0.3, 0.4) is 0 Å². The number of nitro benzene ring substituents is 1. The third-order valence-electron chi connectivity index (χ3n) is 2.69. The molecule has 0 aliphatic carbocycles. The molecule has 1 aliphatic rings. The number of ether oxygens (including phenoxy) is 1. The summed E-state index contributed by atoms with van der Waals surface area (Å²) < 4.78 is 18.3. The molecule has 98 valence electrons. The van der Waals surface area contributed by atoms with Crippen LogP contribution >= 0.6 is 0 Å². The Morgan fingerprint density at radius 1 is 1.61 bits per heavy atom. The lowest BCUT2D eigenvalue weighted by Gasteiger charge is -2.24. The number of rotatable bonds is 4. The van der Waals surface area contributed by atoms with Gasteiger partial charge in [0.1, 0.15) is 11.5 Å². The number of halogens is 1. The molecule has 0 saturated carbocycles. The molecule has 0 radical (unpaired) electrons. The Labute approximate surface area is 103 Å². The molecule has 2 N–H and O–H groups in total. The van der Waals surface area contributed by atoms with Crippen molar-refractivity contribution in [2.24, 2.45) is 0 Å². The molecule has 1 fully saturated rings. The Kier molecular flexibility index (Phi) is 4.06. The van der Waals surface area contributed by atoms with Gasteiger partial charge in [0.15, 0.2) is 0 Å². The average Bonchev–Trinajstić information content (AvgIpc) is 2.37. The second kappa shape index (κ2) is 5.74. The summed E-state index contributed by atoms with van der Waals surface area (Å²) in [4.78, 5) is 10.3. The second-order valence-corrected chi connectivity index (χ2v) is 4.03. The highest BCUT2D eigenvalue weighted by Crippen LogP contribution is 2.24. The van der Waals surface area contributed by atoms with Crippen molar-refractivity contribution in [1.82, 2.24) is 5.32 Å². The summed E-state index contributed by atoms with van der Waals surface area (Å²) >= 11 is 0. The van der Waals surface area contributed by atoms with Gasteiger partial charge < -0.3 is 15.4 Å². The van der Waals surface area contributed by atoms with Gasteiger partial charge in [-0.25, -0.2) is 4.39 Å². The van der Waals surface area contributed by atoms with Crippen LogP contribution in [-0.4, -0.2) is 37.3 Å². The van der Waals surface area contributed by atoms with Gasteiger partial charge in [0, 0.05) is 31.3 Å². The largest absolute Gasteiger partial charge is 0.378 e. The SMILES string of the molecule is O=[N+]([O-])c1ccc(F)cc1NCC1COCCN1. The lowest BCUT2D eigenvalue weighted by Crippen LogP contribution is -2.45. The molecule has 1 atom stereocenters. The van der Waals surface area contributed by atoms with E-state index in [1.54, 1.807) is 0 Å². The van der Waals surface area contributed by atoms with Gasteiger partial charge in [0.05, 0.1) is 18.1 Å². The van der Waals surface area contributed by atoms with Crippen molar-refractivity contribution >= 4 is 11.4 Å². The van der Waals surface area contributed by atoms with Gasteiger partial charge in [-0.05, 0) is 6.07 Å². The number of hydrogen-bond donors (Lipinski definition) is 2. The van der Waals surface area contributed by atoms with Gasteiger partial charge in [-0.2, -0.15) is 0 Å². The number of nitrogens with zero attached hydrogens (tertiary/aromatic N) is 1. The fraction of sp³-hybridized carbons (Fsp3) is 0.455. The summed E-state index contributed by atoms with van der Waals surface area (Å²) in [5.74, 6) is -0.504. The number of benzene rings is 1. The highest BCUT2D eigenvalue weighted by atomic mass is 19.1. The van der Waals surface area contributed by atoms with Crippen molar-refractivity contribution in [2.75, 3.05) is 31.6 Å². The summed E-state index contributed by atoms with van der Waals surface area (Å²) in [6.07, 6.45) is 0. The lowest BCUT2D eigenvalue weighted by molar-refractivity contribution is -0.384. The van der Waals surface area contributed by atoms with Crippen molar-refractivity contribution in [3.8, 4) is 0 Å². The number of hydrogen-bond acceptors (Lipinski definition) is 5. The maximum absolute atomic E-state index is 13.1. The molecule has 1 aromatic carbocycles. The van der Waals surface area contributed by atoms with Crippen LogP contribution in [0, 0.1) is 15.9 Å². The quantitative estimate of drug-likeness (QED) is 0.623. The summed E-state index contributed by atoms with van der Waals surface area (Å²) in [5, 5.41) is 16.9. The van der Waals surface area contributed by atoms with Crippen molar-refractivity contribution in [3.63, 3.8) is 0 Å². The average molecular weight is 255 g/mol. The fourth-order valence-electron chi connectivity index (χ4n) is 1.79. The van der Waals surface area contributed by atoms with Crippen LogP contribution in [0.1, 0.15) is 0 Å². The van der Waals surface area contributed by atoms with Gasteiger partial charge in [0.25, 0.3) is 5.69 Å². The zero-order valence-electron chi connectivity index (χ0n) is 9.69. The topological polar surface area (TPSA) is 76.4 Å². The van der Waals surface area contributed by atoms with Crippen molar-refractivity contribution in [3.05, 3.63) is 34.1 Å². The molecule has 7 heteroatoms. The summed E-state index contributed by atoms with van der Waals surface area (Å²) in [6.45, 7) is 2.40.